The normalized spacial score (nSPS) is 12.7. The summed E-state index contributed by atoms with van der Waals surface area (Å²) in [6, 6.07) is 13.3. The van der Waals surface area contributed by atoms with E-state index < -0.39 is 0 Å². The van der Waals surface area contributed by atoms with Crippen molar-refractivity contribution in [3.63, 3.8) is 0 Å². The zero-order chi connectivity index (χ0) is 19.1. The van der Waals surface area contributed by atoms with Crippen molar-refractivity contribution in [3.8, 4) is 17.0 Å². The molecule has 2 aromatic heterocycles. The molecular weight excluding hydrogens is 356 g/mol. The first-order valence-electron chi connectivity index (χ1n) is 8.74. The van der Waals surface area contributed by atoms with E-state index in [2.05, 4.69) is 25.7 Å². The minimum Gasteiger partial charge on any atom is -0.497 e. The number of anilines is 2. The number of nitrogens with one attached hydrogen (secondary N) is 2. The predicted molar refractivity (Wildman–Crippen MR) is 104 cm³/mol. The van der Waals surface area contributed by atoms with Gasteiger partial charge in [0, 0.05) is 29.4 Å². The number of benzene rings is 2. The van der Waals surface area contributed by atoms with E-state index in [0.717, 1.165) is 28.3 Å². The Labute approximate surface area is 160 Å². The molecule has 8 nitrogen and oxygen atoms in total. The van der Waals surface area contributed by atoms with Gasteiger partial charge in [0.2, 0.25) is 0 Å². The summed E-state index contributed by atoms with van der Waals surface area (Å²) >= 11 is 0. The van der Waals surface area contributed by atoms with Gasteiger partial charge >= 0.3 is 0 Å². The molecule has 0 atom stereocenters. The molecule has 0 fully saturated rings. The third-order valence-electron chi connectivity index (χ3n) is 4.72. The number of carbonyl (C=O) groups excluding carboxylic acids is 1. The number of nitrogens with zero attached hydrogens (tertiary/aromatic N) is 4. The maximum atomic E-state index is 11.8. The highest BCUT2D eigenvalue weighted by Crippen LogP contribution is 2.28. The van der Waals surface area contributed by atoms with E-state index >= 15 is 0 Å². The highest BCUT2D eigenvalue weighted by Gasteiger charge is 2.20. The second-order valence-corrected chi connectivity index (χ2v) is 6.40. The highest BCUT2D eigenvalue weighted by molar-refractivity contribution is 5.98. The van der Waals surface area contributed by atoms with E-state index in [1.54, 1.807) is 17.8 Å². The summed E-state index contributed by atoms with van der Waals surface area (Å²) in [4.78, 5) is 20.7. The van der Waals surface area contributed by atoms with Gasteiger partial charge in [0.1, 0.15) is 12.1 Å². The Hall–Kier alpha value is -3.94. The molecule has 0 bridgehead atoms. The van der Waals surface area contributed by atoms with Crippen LogP contribution < -0.4 is 15.4 Å². The monoisotopic (exact) mass is 372 g/mol. The molecule has 0 unspecified atom stereocenters. The molecule has 28 heavy (non-hydrogen) atoms. The first-order valence-corrected chi connectivity index (χ1v) is 8.74. The Kier molecular flexibility index (Phi) is 3.68. The van der Waals surface area contributed by atoms with Crippen molar-refractivity contribution in [1.29, 1.82) is 0 Å². The lowest BCUT2D eigenvalue weighted by molar-refractivity contribution is 0.0966. The van der Waals surface area contributed by atoms with E-state index in [1.807, 2.05) is 42.5 Å². The van der Waals surface area contributed by atoms with Crippen LogP contribution in [-0.2, 0) is 6.54 Å². The summed E-state index contributed by atoms with van der Waals surface area (Å²) in [6.45, 7) is 0.533. The summed E-state index contributed by atoms with van der Waals surface area (Å²) in [7, 11) is 1.63. The number of rotatable bonds is 4. The number of carbonyl (C=O) groups is 1. The van der Waals surface area contributed by atoms with Crippen molar-refractivity contribution < 1.29 is 9.53 Å². The molecule has 0 aliphatic carbocycles. The number of fused-ring (bicyclic) bond motifs is 2. The molecule has 1 aliphatic heterocycles. The molecule has 1 amide bonds. The molecular formula is C20H16N6O2. The predicted octanol–water partition coefficient (Wildman–Crippen LogP) is 2.79. The third-order valence-corrected chi connectivity index (χ3v) is 4.72. The standard InChI is InChI=1S/C20H16N6O2/c1-28-15-4-2-3-14(8-15)25-18-19-23-11-24-26(19)17(10-21-18)12-5-6-16-13(7-12)9-22-20(16)27/h2-8,10-11H,9H2,1H3,(H,21,25)(H,22,27). The smallest absolute Gasteiger partial charge is 0.251 e. The van der Waals surface area contributed by atoms with Crippen LogP contribution in [0.3, 0.4) is 0 Å². The first-order chi connectivity index (χ1) is 13.7. The summed E-state index contributed by atoms with van der Waals surface area (Å²) in [5.74, 6) is 1.30. The van der Waals surface area contributed by atoms with Gasteiger partial charge in [-0.25, -0.2) is 14.5 Å². The minimum atomic E-state index is -0.0385. The lowest BCUT2D eigenvalue weighted by Crippen LogP contribution is -2.12. The SMILES string of the molecule is COc1cccc(Nc2ncc(-c3ccc4c(c3)CNC4=O)n3ncnc23)c1. The Bertz CT molecular complexity index is 1220. The van der Waals surface area contributed by atoms with E-state index in [4.69, 9.17) is 4.74 Å². The van der Waals surface area contributed by atoms with Gasteiger partial charge in [0.25, 0.3) is 5.91 Å². The number of aromatic nitrogens is 4. The van der Waals surface area contributed by atoms with Gasteiger partial charge in [-0.05, 0) is 29.8 Å². The molecule has 2 N–H and O–H groups in total. The van der Waals surface area contributed by atoms with Crippen molar-refractivity contribution in [3.05, 3.63) is 66.1 Å². The number of ether oxygens (including phenoxy) is 1. The Morgan fingerprint density at radius 1 is 1.18 bits per heavy atom. The van der Waals surface area contributed by atoms with Crippen molar-refractivity contribution in [2.24, 2.45) is 0 Å². The molecule has 2 aromatic carbocycles. The molecule has 8 heteroatoms. The van der Waals surface area contributed by atoms with E-state index in [0.29, 0.717) is 23.6 Å². The molecule has 4 aromatic rings. The van der Waals surface area contributed by atoms with Crippen LogP contribution in [0, 0.1) is 0 Å². The molecule has 0 saturated carbocycles. The fraction of sp³-hybridized carbons (Fsp3) is 0.100. The van der Waals surface area contributed by atoms with Gasteiger partial charge in [0.05, 0.1) is 19.0 Å². The van der Waals surface area contributed by atoms with Crippen LogP contribution in [0.1, 0.15) is 15.9 Å². The van der Waals surface area contributed by atoms with Crippen LogP contribution in [-0.4, -0.2) is 32.6 Å². The van der Waals surface area contributed by atoms with Crippen LogP contribution in [0.5, 0.6) is 5.75 Å². The lowest BCUT2D eigenvalue weighted by Gasteiger charge is -2.11. The van der Waals surface area contributed by atoms with E-state index in [1.165, 1.54) is 6.33 Å². The Morgan fingerprint density at radius 3 is 3.00 bits per heavy atom. The Balaban J connectivity index is 1.55. The van der Waals surface area contributed by atoms with E-state index in [9.17, 15) is 4.79 Å². The van der Waals surface area contributed by atoms with Gasteiger partial charge < -0.3 is 15.4 Å². The number of hydrogen-bond donors (Lipinski definition) is 2. The second-order valence-electron chi connectivity index (χ2n) is 6.40. The zero-order valence-corrected chi connectivity index (χ0v) is 15.0. The largest absolute Gasteiger partial charge is 0.497 e. The van der Waals surface area contributed by atoms with Crippen LogP contribution in [0.4, 0.5) is 11.5 Å². The van der Waals surface area contributed by atoms with Gasteiger partial charge in [-0.15, -0.1) is 0 Å². The maximum absolute atomic E-state index is 11.8. The Morgan fingerprint density at radius 2 is 2.11 bits per heavy atom. The van der Waals surface area contributed by atoms with Crippen molar-refractivity contribution >= 4 is 23.1 Å². The number of hydrogen-bond acceptors (Lipinski definition) is 6. The summed E-state index contributed by atoms with van der Waals surface area (Å²) in [5, 5.41) is 10.5. The van der Waals surface area contributed by atoms with Crippen molar-refractivity contribution in [2.45, 2.75) is 6.54 Å². The van der Waals surface area contributed by atoms with Gasteiger partial charge in [-0.2, -0.15) is 5.10 Å². The molecule has 0 radical (unpaired) electrons. The molecule has 3 heterocycles. The molecule has 0 spiro atoms. The molecule has 138 valence electrons. The average Bonchev–Trinajstić information content (AvgIpc) is 3.36. The average molecular weight is 372 g/mol. The fourth-order valence-electron chi connectivity index (χ4n) is 3.33. The summed E-state index contributed by atoms with van der Waals surface area (Å²) in [5.41, 5.74) is 4.84. The van der Waals surface area contributed by atoms with Crippen molar-refractivity contribution in [1.82, 2.24) is 24.9 Å². The lowest BCUT2D eigenvalue weighted by atomic mass is 10.0. The van der Waals surface area contributed by atoms with Gasteiger partial charge in [0.15, 0.2) is 11.5 Å². The minimum absolute atomic E-state index is 0.0385. The maximum Gasteiger partial charge on any atom is 0.251 e. The van der Waals surface area contributed by atoms with Crippen molar-refractivity contribution in [2.75, 3.05) is 12.4 Å². The topological polar surface area (TPSA) is 93.4 Å². The van der Waals surface area contributed by atoms with Gasteiger partial charge in [-0.1, -0.05) is 12.1 Å². The summed E-state index contributed by atoms with van der Waals surface area (Å²) in [6.07, 6.45) is 3.24. The molecule has 0 saturated heterocycles. The van der Waals surface area contributed by atoms with Crippen LogP contribution in [0.2, 0.25) is 0 Å². The van der Waals surface area contributed by atoms with E-state index in [-0.39, 0.29) is 5.91 Å². The fourth-order valence-corrected chi connectivity index (χ4v) is 3.33. The second kappa shape index (κ2) is 6.34. The highest BCUT2D eigenvalue weighted by atomic mass is 16.5. The number of methoxy groups -OCH3 is 1. The van der Waals surface area contributed by atoms with Crippen LogP contribution >= 0.6 is 0 Å². The summed E-state index contributed by atoms with van der Waals surface area (Å²) < 4.78 is 7.00. The molecule has 1 aliphatic rings. The third kappa shape index (κ3) is 2.62. The van der Waals surface area contributed by atoms with Crippen LogP contribution in [0.25, 0.3) is 16.9 Å². The number of amides is 1. The van der Waals surface area contributed by atoms with Gasteiger partial charge in [-0.3, -0.25) is 4.79 Å². The quantitative estimate of drug-likeness (QED) is 0.572. The first kappa shape index (κ1) is 16.2. The van der Waals surface area contributed by atoms with Crippen LogP contribution in [0.15, 0.2) is 55.0 Å². The zero-order valence-electron chi connectivity index (χ0n) is 15.0. The molecule has 5 rings (SSSR count).